The molecule has 12 heteroatoms. The lowest BCUT2D eigenvalue weighted by molar-refractivity contribution is -0.153. The summed E-state index contributed by atoms with van der Waals surface area (Å²) in [5.41, 5.74) is 1.09. The topological polar surface area (TPSA) is 130 Å². The smallest absolute Gasteiger partial charge is 0.286 e. The monoisotopic (exact) mass is 583 g/mol. The van der Waals surface area contributed by atoms with Crippen LogP contribution in [0.15, 0.2) is 57.8 Å². The first-order chi connectivity index (χ1) is 19.0. The van der Waals surface area contributed by atoms with Crippen LogP contribution in [0.25, 0.3) is 4.91 Å². The number of ketones is 1. The highest BCUT2D eigenvalue weighted by Crippen LogP contribution is 2.54. The zero-order chi connectivity index (χ0) is 28.0. The lowest BCUT2D eigenvalue weighted by Gasteiger charge is -2.45. The minimum atomic E-state index is -4.35. The average Bonchev–Trinajstić information content (AvgIpc) is 3.62. The van der Waals surface area contributed by atoms with Crippen LogP contribution in [0.1, 0.15) is 36.8 Å². The van der Waals surface area contributed by atoms with Crippen LogP contribution in [0.4, 0.5) is 10.1 Å². The number of fused-ring (bicyclic) bond motifs is 6. The Balaban J connectivity index is 1.26. The predicted molar refractivity (Wildman–Crippen MR) is 145 cm³/mol. The summed E-state index contributed by atoms with van der Waals surface area (Å²) in [4.78, 5) is 29.4. The fourth-order valence-corrected chi connectivity index (χ4v) is 9.98. The molecule has 2 aliphatic carbocycles. The molecule has 3 heterocycles. The van der Waals surface area contributed by atoms with Gasteiger partial charge in [-0.2, -0.15) is 8.42 Å². The van der Waals surface area contributed by atoms with E-state index in [-0.39, 0.29) is 62.8 Å². The zero-order valence-corrected chi connectivity index (χ0v) is 22.9. The molecule has 1 unspecified atom stereocenters. The van der Waals surface area contributed by atoms with Gasteiger partial charge in [-0.15, -0.1) is 4.40 Å². The van der Waals surface area contributed by atoms with Crippen molar-refractivity contribution in [3.05, 3.63) is 65.5 Å². The molecule has 7 rings (SSSR count). The van der Waals surface area contributed by atoms with Crippen molar-refractivity contribution in [3.63, 3.8) is 0 Å². The Morgan fingerprint density at radius 2 is 1.75 bits per heavy atom. The largest absolute Gasteiger partial charge is 0.341 e. The fraction of sp³-hybridized carbons (Fsp3) is 0.393. The van der Waals surface area contributed by atoms with Gasteiger partial charge in [-0.3, -0.25) is 9.59 Å². The number of anilines is 1. The van der Waals surface area contributed by atoms with E-state index in [0.717, 1.165) is 19.3 Å². The van der Waals surface area contributed by atoms with Gasteiger partial charge in [0.2, 0.25) is 5.91 Å². The standard InChI is InChI=1S/C28H26FN3O6S2/c29-19-8-3-15(4-9-19)14-32-25-18-6-5-17(12-18)23(25)26(33)24(28(32)34)27-30-20-10-7-16(13-22(20)40(37,38)31-27)21-2-1-11-39(21,35)36/h2-4,7-10,13,17-18,23-25H,1,5-6,11-12,14H2,(H,30,31)/t17-,18+,23+,24?,25-/m0/s1. The second-order valence-electron chi connectivity index (χ2n) is 11.2. The molecule has 40 heavy (non-hydrogen) atoms. The maximum atomic E-state index is 14.0. The molecule has 3 aliphatic heterocycles. The molecule has 2 aromatic rings. The van der Waals surface area contributed by atoms with Crippen molar-refractivity contribution in [3.8, 4) is 0 Å². The summed E-state index contributed by atoms with van der Waals surface area (Å²) in [6.07, 6.45) is 4.56. The number of amides is 1. The summed E-state index contributed by atoms with van der Waals surface area (Å²) < 4.78 is 68.9. The first-order valence-electron chi connectivity index (χ1n) is 13.3. The van der Waals surface area contributed by atoms with Gasteiger partial charge in [-0.05, 0) is 72.9 Å². The Bertz CT molecular complexity index is 1750. The van der Waals surface area contributed by atoms with Gasteiger partial charge in [0, 0.05) is 18.5 Å². The molecular weight excluding hydrogens is 557 g/mol. The molecule has 2 aromatic carbocycles. The van der Waals surface area contributed by atoms with Gasteiger partial charge in [0.15, 0.2) is 21.5 Å². The number of halogens is 1. The van der Waals surface area contributed by atoms with Crippen molar-refractivity contribution < 1.29 is 30.8 Å². The van der Waals surface area contributed by atoms with E-state index < -0.39 is 43.4 Å². The molecule has 3 fully saturated rings. The Morgan fingerprint density at radius 1 is 1.00 bits per heavy atom. The van der Waals surface area contributed by atoms with Crippen LogP contribution in [0.5, 0.6) is 0 Å². The van der Waals surface area contributed by atoms with Crippen molar-refractivity contribution in [1.82, 2.24) is 4.90 Å². The van der Waals surface area contributed by atoms with Gasteiger partial charge in [-0.1, -0.05) is 24.3 Å². The van der Waals surface area contributed by atoms with E-state index in [9.17, 15) is 30.8 Å². The number of nitrogens with one attached hydrogen (secondary N) is 1. The molecule has 5 aliphatic rings. The third kappa shape index (κ3) is 3.87. The van der Waals surface area contributed by atoms with Crippen LogP contribution in [-0.2, 0) is 36.0 Å². The summed E-state index contributed by atoms with van der Waals surface area (Å²) in [5.74, 6) is -3.04. The van der Waals surface area contributed by atoms with Crippen molar-refractivity contribution in [2.45, 2.75) is 43.2 Å². The van der Waals surface area contributed by atoms with E-state index in [4.69, 9.17) is 0 Å². The molecular formula is C28H26FN3O6S2. The summed E-state index contributed by atoms with van der Waals surface area (Å²) in [7, 11) is -7.85. The average molecular weight is 584 g/mol. The van der Waals surface area contributed by atoms with E-state index in [1.54, 1.807) is 23.1 Å². The van der Waals surface area contributed by atoms with E-state index >= 15 is 0 Å². The number of carbonyl (C=O) groups excluding carboxylic acids is 2. The van der Waals surface area contributed by atoms with Gasteiger partial charge < -0.3 is 10.2 Å². The van der Waals surface area contributed by atoms with Gasteiger partial charge in [-0.25, -0.2) is 12.8 Å². The van der Waals surface area contributed by atoms with E-state index in [2.05, 4.69) is 9.71 Å². The number of Topliss-reactive ketones (excluding diaryl/α,β-unsaturated/α-hetero) is 1. The summed E-state index contributed by atoms with van der Waals surface area (Å²) in [6, 6.07) is 9.79. The molecule has 1 amide bonds. The summed E-state index contributed by atoms with van der Waals surface area (Å²) in [5, 5.41) is 2.92. The van der Waals surface area contributed by atoms with Crippen LogP contribution in [0.2, 0.25) is 0 Å². The molecule has 1 N–H and O–H groups in total. The van der Waals surface area contributed by atoms with Gasteiger partial charge in [0.1, 0.15) is 16.5 Å². The highest BCUT2D eigenvalue weighted by atomic mass is 32.2. The molecule has 2 saturated carbocycles. The maximum absolute atomic E-state index is 14.0. The fourth-order valence-electron chi connectivity index (χ4n) is 7.29. The van der Waals surface area contributed by atoms with Crippen LogP contribution in [0, 0.1) is 29.5 Å². The number of benzene rings is 2. The highest BCUT2D eigenvalue weighted by molar-refractivity contribution is 8.00. The number of amidine groups is 1. The van der Waals surface area contributed by atoms with Crippen LogP contribution < -0.4 is 5.32 Å². The van der Waals surface area contributed by atoms with Crippen LogP contribution >= 0.6 is 0 Å². The Kier molecular flexibility index (Phi) is 5.63. The number of sulfone groups is 1. The second-order valence-corrected chi connectivity index (χ2v) is 14.9. The second kappa shape index (κ2) is 8.81. The van der Waals surface area contributed by atoms with Crippen LogP contribution in [0.3, 0.4) is 0 Å². The highest BCUT2D eigenvalue weighted by Gasteiger charge is 2.60. The van der Waals surface area contributed by atoms with Crippen molar-refractivity contribution >= 4 is 48.0 Å². The molecule has 9 nitrogen and oxygen atoms in total. The first kappa shape index (κ1) is 25.6. The molecule has 0 radical (unpaired) electrons. The van der Waals surface area contributed by atoms with Gasteiger partial charge in [0.25, 0.3) is 10.0 Å². The minimum Gasteiger partial charge on any atom is -0.341 e. The third-order valence-electron chi connectivity index (χ3n) is 8.99. The predicted octanol–water partition coefficient (Wildman–Crippen LogP) is 3.14. The number of nitrogens with zero attached hydrogens (tertiary/aromatic N) is 2. The lowest BCUT2D eigenvalue weighted by Crippen LogP contribution is -2.61. The number of piperidine rings is 1. The van der Waals surface area contributed by atoms with Crippen molar-refractivity contribution in [2.24, 2.45) is 28.1 Å². The molecule has 0 aromatic heterocycles. The Morgan fingerprint density at radius 3 is 2.48 bits per heavy atom. The number of hydrogen-bond donors (Lipinski definition) is 1. The number of allylic oxidation sites excluding steroid dienone is 1. The number of likely N-dealkylation sites (tertiary alicyclic amines) is 1. The number of rotatable bonds is 4. The van der Waals surface area contributed by atoms with Gasteiger partial charge in [0.05, 0.1) is 16.3 Å². The summed E-state index contributed by atoms with van der Waals surface area (Å²) in [6.45, 7) is 0.177. The van der Waals surface area contributed by atoms with Crippen LogP contribution in [-0.4, -0.2) is 51.1 Å². The zero-order valence-electron chi connectivity index (χ0n) is 21.3. The third-order valence-corrected chi connectivity index (χ3v) is 12.2. The van der Waals surface area contributed by atoms with Crippen molar-refractivity contribution in [1.29, 1.82) is 0 Å². The molecule has 0 spiro atoms. The SMILES string of the molecule is O=C1C(C2=NS(=O)(=O)c3cc(C4=CCCS4(=O)=O)ccc3N2)C(=O)N(Cc2ccc(F)cc2)[C@H]2[C@@H]3CC[C@@H](C3)[C@@H]12. The lowest BCUT2D eigenvalue weighted by atomic mass is 9.73. The maximum Gasteiger partial charge on any atom is 0.286 e. The van der Waals surface area contributed by atoms with Gasteiger partial charge >= 0.3 is 0 Å². The van der Waals surface area contributed by atoms with E-state index in [1.807, 2.05) is 0 Å². The number of carbonyl (C=O) groups is 2. The Labute approximate surface area is 231 Å². The Hall–Kier alpha value is -3.38. The normalized spacial score (nSPS) is 31.3. The summed E-state index contributed by atoms with van der Waals surface area (Å²) >= 11 is 0. The minimum absolute atomic E-state index is 0.0307. The van der Waals surface area contributed by atoms with E-state index in [0.29, 0.717) is 12.0 Å². The quantitative estimate of drug-likeness (QED) is 0.548. The van der Waals surface area contributed by atoms with E-state index in [1.165, 1.54) is 30.3 Å². The van der Waals surface area contributed by atoms with Crippen molar-refractivity contribution in [2.75, 3.05) is 11.1 Å². The number of hydrogen-bond acceptors (Lipinski definition) is 7. The first-order valence-corrected chi connectivity index (χ1v) is 16.4. The molecule has 5 atom stereocenters. The molecule has 208 valence electrons. The molecule has 1 saturated heterocycles. The molecule has 2 bridgehead atoms. The number of sulfonamides is 1.